The SMILES string of the molecule is CCCCCCCCCNC(=O)c1cc(C(O)CN2CCN(c3cc(C(F)(F)F)ccn3)CC2)ccc1OC. The van der Waals surface area contributed by atoms with Crippen molar-refractivity contribution in [3.8, 4) is 5.75 Å². The van der Waals surface area contributed by atoms with Crippen molar-refractivity contribution in [1.82, 2.24) is 15.2 Å². The molecule has 2 N–H and O–H groups in total. The summed E-state index contributed by atoms with van der Waals surface area (Å²) >= 11 is 0. The van der Waals surface area contributed by atoms with E-state index >= 15 is 0 Å². The number of ether oxygens (including phenoxy) is 1. The number of carbonyl (C=O) groups excluding carboxylic acids is 1. The molecule has 0 spiro atoms. The second-order valence-corrected chi connectivity index (χ2v) is 10.0. The molecule has 1 unspecified atom stereocenters. The molecule has 1 atom stereocenters. The van der Waals surface area contributed by atoms with Gasteiger partial charge in [0.2, 0.25) is 0 Å². The predicted octanol–water partition coefficient (Wildman–Crippen LogP) is 5.45. The molecule has 1 aliphatic rings. The van der Waals surface area contributed by atoms with Gasteiger partial charge in [0, 0.05) is 45.5 Å². The van der Waals surface area contributed by atoms with E-state index in [1.165, 1.54) is 45.4 Å². The van der Waals surface area contributed by atoms with Crippen molar-refractivity contribution in [3.05, 3.63) is 53.2 Å². The maximum atomic E-state index is 13.1. The zero-order chi connectivity index (χ0) is 28.3. The average molecular weight is 551 g/mol. The van der Waals surface area contributed by atoms with Gasteiger partial charge in [-0.05, 0) is 36.2 Å². The van der Waals surface area contributed by atoms with Gasteiger partial charge in [-0.15, -0.1) is 0 Å². The van der Waals surface area contributed by atoms with Crippen molar-refractivity contribution in [2.45, 2.75) is 64.1 Å². The van der Waals surface area contributed by atoms with Crippen LogP contribution in [0.5, 0.6) is 5.75 Å². The number of anilines is 1. The first-order valence-corrected chi connectivity index (χ1v) is 13.9. The Kier molecular flexibility index (Phi) is 11.9. The van der Waals surface area contributed by atoms with Crippen LogP contribution in [-0.2, 0) is 6.18 Å². The van der Waals surface area contributed by atoms with Gasteiger partial charge in [0.15, 0.2) is 0 Å². The number of benzene rings is 1. The van der Waals surface area contributed by atoms with Crippen LogP contribution in [0.4, 0.5) is 19.0 Å². The maximum Gasteiger partial charge on any atom is 0.416 e. The lowest BCUT2D eigenvalue weighted by Gasteiger charge is -2.36. The first-order chi connectivity index (χ1) is 18.7. The molecule has 0 saturated carbocycles. The summed E-state index contributed by atoms with van der Waals surface area (Å²) in [6.07, 6.45) is 4.10. The quantitative estimate of drug-likeness (QED) is 0.305. The smallest absolute Gasteiger partial charge is 0.416 e. The zero-order valence-corrected chi connectivity index (χ0v) is 23.0. The summed E-state index contributed by atoms with van der Waals surface area (Å²) in [6, 6.07) is 7.15. The number of hydrogen-bond donors (Lipinski definition) is 2. The summed E-state index contributed by atoms with van der Waals surface area (Å²) in [5.41, 5.74) is 0.281. The van der Waals surface area contributed by atoms with Crippen LogP contribution in [0.1, 0.15) is 79.5 Å². The third-order valence-electron chi connectivity index (χ3n) is 7.12. The van der Waals surface area contributed by atoms with E-state index in [4.69, 9.17) is 4.74 Å². The first kappa shape index (κ1) is 30.7. The van der Waals surface area contributed by atoms with E-state index in [1.807, 2.05) is 4.90 Å². The molecule has 39 heavy (non-hydrogen) atoms. The van der Waals surface area contributed by atoms with Crippen LogP contribution in [-0.4, -0.2) is 67.3 Å². The number of rotatable bonds is 14. The van der Waals surface area contributed by atoms with Gasteiger partial charge in [-0.25, -0.2) is 4.98 Å². The Morgan fingerprint density at radius 2 is 1.74 bits per heavy atom. The Hall–Kier alpha value is -2.85. The number of unbranched alkanes of at least 4 members (excludes halogenated alkanes) is 6. The molecule has 3 rings (SSSR count). The minimum atomic E-state index is -4.41. The number of pyridine rings is 1. The van der Waals surface area contributed by atoms with Gasteiger partial charge in [-0.2, -0.15) is 13.2 Å². The van der Waals surface area contributed by atoms with Gasteiger partial charge in [0.25, 0.3) is 5.91 Å². The maximum absolute atomic E-state index is 13.1. The van der Waals surface area contributed by atoms with Crippen LogP contribution in [0.25, 0.3) is 0 Å². The lowest BCUT2D eigenvalue weighted by atomic mass is 10.0. The van der Waals surface area contributed by atoms with Gasteiger partial charge < -0.3 is 20.1 Å². The number of aromatic nitrogens is 1. The van der Waals surface area contributed by atoms with Gasteiger partial charge in [-0.3, -0.25) is 9.69 Å². The largest absolute Gasteiger partial charge is 0.496 e. The number of alkyl halides is 3. The van der Waals surface area contributed by atoms with Crippen molar-refractivity contribution >= 4 is 11.7 Å². The van der Waals surface area contributed by atoms with Gasteiger partial charge in [0.05, 0.1) is 24.3 Å². The molecule has 1 amide bonds. The van der Waals surface area contributed by atoms with Gasteiger partial charge >= 0.3 is 6.18 Å². The van der Waals surface area contributed by atoms with E-state index < -0.39 is 17.8 Å². The number of amides is 1. The molecule has 7 nitrogen and oxygen atoms in total. The van der Waals surface area contributed by atoms with Crippen LogP contribution in [0.3, 0.4) is 0 Å². The molecule has 0 aliphatic carbocycles. The standard InChI is InChI=1S/C29H41F3N4O3/c1-3-4-5-6-7-8-9-13-34-28(38)24-19-22(10-11-26(24)39-2)25(37)21-35-15-17-36(18-16-35)27-20-23(12-14-33-27)29(30,31)32/h10-12,14,19-20,25,37H,3-9,13,15-18,21H2,1-2H3,(H,34,38). The molecule has 1 aliphatic heterocycles. The highest BCUT2D eigenvalue weighted by atomic mass is 19.4. The number of piperazine rings is 1. The van der Waals surface area contributed by atoms with Crippen LogP contribution in [0.15, 0.2) is 36.5 Å². The second kappa shape index (κ2) is 15.1. The topological polar surface area (TPSA) is 77.9 Å². The predicted molar refractivity (Wildman–Crippen MR) is 146 cm³/mol. The van der Waals surface area contributed by atoms with E-state index in [-0.39, 0.29) is 5.91 Å². The number of β-amino-alcohol motifs (C(OH)–C–C–N with tert-alkyl or cyclic N) is 1. The normalized spacial score (nSPS) is 15.3. The third kappa shape index (κ3) is 9.39. The summed E-state index contributed by atoms with van der Waals surface area (Å²) in [4.78, 5) is 20.8. The average Bonchev–Trinajstić information content (AvgIpc) is 2.94. The van der Waals surface area contributed by atoms with E-state index in [2.05, 4.69) is 22.1 Å². The van der Waals surface area contributed by atoms with Crippen LogP contribution < -0.4 is 15.0 Å². The Balaban J connectivity index is 1.50. The van der Waals surface area contributed by atoms with E-state index in [0.717, 1.165) is 25.0 Å². The summed E-state index contributed by atoms with van der Waals surface area (Å²) in [5.74, 6) is 0.520. The molecule has 1 aromatic carbocycles. The zero-order valence-electron chi connectivity index (χ0n) is 23.0. The molecule has 216 valence electrons. The third-order valence-corrected chi connectivity index (χ3v) is 7.12. The Morgan fingerprint density at radius 3 is 2.41 bits per heavy atom. The minimum Gasteiger partial charge on any atom is -0.496 e. The lowest BCUT2D eigenvalue weighted by molar-refractivity contribution is -0.137. The monoisotopic (exact) mass is 550 g/mol. The number of carbonyl (C=O) groups is 1. The second-order valence-electron chi connectivity index (χ2n) is 10.0. The highest BCUT2D eigenvalue weighted by Gasteiger charge is 2.31. The molecule has 0 bridgehead atoms. The molecule has 1 aromatic heterocycles. The molecule has 10 heteroatoms. The fourth-order valence-electron chi connectivity index (χ4n) is 4.77. The molecule has 0 radical (unpaired) electrons. The Bertz CT molecular complexity index is 1040. The summed E-state index contributed by atoms with van der Waals surface area (Å²) < 4.78 is 44.5. The van der Waals surface area contributed by atoms with Crippen LogP contribution in [0, 0.1) is 0 Å². The van der Waals surface area contributed by atoms with E-state index in [1.54, 1.807) is 18.2 Å². The number of nitrogens with one attached hydrogen (secondary N) is 1. The van der Waals surface area contributed by atoms with E-state index in [9.17, 15) is 23.1 Å². The number of halogens is 3. The molecular formula is C29H41F3N4O3. The van der Waals surface area contributed by atoms with Crippen LogP contribution in [0.2, 0.25) is 0 Å². The number of aliphatic hydroxyl groups excluding tert-OH is 1. The Morgan fingerprint density at radius 1 is 1.05 bits per heavy atom. The summed E-state index contributed by atoms with van der Waals surface area (Å²) in [7, 11) is 1.51. The summed E-state index contributed by atoms with van der Waals surface area (Å²) in [5, 5.41) is 13.9. The van der Waals surface area contributed by atoms with Crippen molar-refractivity contribution in [1.29, 1.82) is 0 Å². The summed E-state index contributed by atoms with van der Waals surface area (Å²) in [6.45, 7) is 5.26. The van der Waals surface area contributed by atoms with Crippen molar-refractivity contribution in [2.24, 2.45) is 0 Å². The van der Waals surface area contributed by atoms with Crippen molar-refractivity contribution in [3.63, 3.8) is 0 Å². The lowest BCUT2D eigenvalue weighted by Crippen LogP contribution is -2.47. The van der Waals surface area contributed by atoms with Gasteiger partial charge in [0.1, 0.15) is 11.6 Å². The van der Waals surface area contributed by atoms with Crippen LogP contribution >= 0.6 is 0 Å². The number of nitrogens with zero attached hydrogens (tertiary/aromatic N) is 3. The molecule has 2 aromatic rings. The minimum absolute atomic E-state index is 0.228. The van der Waals surface area contributed by atoms with Crippen molar-refractivity contribution < 1.29 is 27.8 Å². The highest BCUT2D eigenvalue weighted by Crippen LogP contribution is 2.31. The molecule has 1 saturated heterocycles. The first-order valence-electron chi connectivity index (χ1n) is 13.9. The number of hydrogen-bond acceptors (Lipinski definition) is 6. The Labute approximate surface area is 229 Å². The van der Waals surface area contributed by atoms with Gasteiger partial charge in [-0.1, -0.05) is 51.5 Å². The van der Waals surface area contributed by atoms with Crippen molar-refractivity contribution in [2.75, 3.05) is 51.3 Å². The highest BCUT2D eigenvalue weighted by molar-refractivity contribution is 5.97. The molecule has 2 heterocycles. The number of methoxy groups -OCH3 is 1. The fourth-order valence-corrected chi connectivity index (χ4v) is 4.77. The molecular weight excluding hydrogens is 509 g/mol. The molecule has 1 fully saturated rings. The van der Waals surface area contributed by atoms with E-state index in [0.29, 0.717) is 62.0 Å². The fraction of sp³-hybridized carbons (Fsp3) is 0.586. The number of aliphatic hydroxyl groups is 1.